The first-order valence-corrected chi connectivity index (χ1v) is 8.60. The van der Waals surface area contributed by atoms with Crippen LogP contribution in [-0.4, -0.2) is 23.0 Å². The fourth-order valence-corrected chi connectivity index (χ4v) is 3.10. The van der Waals surface area contributed by atoms with Gasteiger partial charge < -0.3 is 15.0 Å². The van der Waals surface area contributed by atoms with E-state index in [1.807, 2.05) is 30.3 Å². The number of allylic oxidation sites excluding steroid dienone is 1. The summed E-state index contributed by atoms with van der Waals surface area (Å²) < 4.78 is 19.8. The summed E-state index contributed by atoms with van der Waals surface area (Å²) in [4.78, 5) is 14.5. The maximum Gasteiger partial charge on any atom is 0.338 e. The monoisotopic (exact) mass is 370 g/mol. The van der Waals surface area contributed by atoms with Gasteiger partial charge in [0.25, 0.3) is 0 Å². The maximum absolute atomic E-state index is 14.3. The van der Waals surface area contributed by atoms with Crippen LogP contribution >= 0.6 is 12.2 Å². The highest BCUT2D eigenvalue weighted by atomic mass is 32.1. The summed E-state index contributed by atoms with van der Waals surface area (Å²) >= 11 is 5.31. The van der Waals surface area contributed by atoms with Crippen molar-refractivity contribution in [3.8, 4) is 0 Å². The molecular weight excluding hydrogens is 351 g/mol. The normalized spacial score (nSPS) is 17.1. The molecule has 1 aliphatic heterocycles. The lowest BCUT2D eigenvalue weighted by Crippen LogP contribution is -2.46. The minimum absolute atomic E-state index is 0.147. The fourth-order valence-electron chi connectivity index (χ4n) is 2.84. The van der Waals surface area contributed by atoms with E-state index in [-0.39, 0.29) is 6.61 Å². The van der Waals surface area contributed by atoms with Gasteiger partial charge in [0.15, 0.2) is 5.11 Å². The highest BCUT2D eigenvalue weighted by Gasteiger charge is 2.34. The smallest absolute Gasteiger partial charge is 0.338 e. The van der Waals surface area contributed by atoms with Gasteiger partial charge in [-0.2, -0.15) is 0 Å². The zero-order valence-corrected chi connectivity index (χ0v) is 15.3. The highest BCUT2D eigenvalue weighted by Crippen LogP contribution is 2.32. The van der Waals surface area contributed by atoms with Gasteiger partial charge in [-0.15, -0.1) is 0 Å². The lowest BCUT2D eigenvalue weighted by Gasteiger charge is -2.35. The van der Waals surface area contributed by atoms with Crippen molar-refractivity contribution in [1.82, 2.24) is 10.2 Å². The lowest BCUT2D eigenvalue weighted by atomic mass is 9.95. The van der Waals surface area contributed by atoms with Crippen molar-refractivity contribution in [2.45, 2.75) is 19.6 Å². The van der Waals surface area contributed by atoms with Gasteiger partial charge in [-0.1, -0.05) is 48.5 Å². The van der Waals surface area contributed by atoms with Crippen LogP contribution in [0, 0.1) is 5.82 Å². The van der Waals surface area contributed by atoms with Crippen molar-refractivity contribution in [3.63, 3.8) is 0 Å². The molecule has 1 aliphatic rings. The number of carbonyl (C=O) groups is 1. The molecule has 0 amide bonds. The number of esters is 1. The van der Waals surface area contributed by atoms with Crippen LogP contribution in [0.1, 0.15) is 24.1 Å². The molecule has 1 unspecified atom stereocenters. The van der Waals surface area contributed by atoms with E-state index in [9.17, 15) is 9.18 Å². The van der Waals surface area contributed by atoms with Gasteiger partial charge in [-0.05, 0) is 30.8 Å². The number of rotatable bonds is 4. The zero-order chi connectivity index (χ0) is 18.7. The van der Waals surface area contributed by atoms with E-state index < -0.39 is 17.8 Å². The third-order valence-electron chi connectivity index (χ3n) is 4.40. The van der Waals surface area contributed by atoms with Crippen LogP contribution in [-0.2, 0) is 16.1 Å². The van der Waals surface area contributed by atoms with Gasteiger partial charge in [0.1, 0.15) is 12.4 Å². The summed E-state index contributed by atoms with van der Waals surface area (Å²) in [6, 6.07) is 15.1. The van der Waals surface area contributed by atoms with Crippen molar-refractivity contribution < 1.29 is 13.9 Å². The summed E-state index contributed by atoms with van der Waals surface area (Å²) in [5.41, 5.74) is 2.23. The van der Waals surface area contributed by atoms with Gasteiger partial charge in [0.2, 0.25) is 0 Å². The highest BCUT2D eigenvalue weighted by molar-refractivity contribution is 7.80. The number of benzene rings is 2. The third kappa shape index (κ3) is 3.60. The van der Waals surface area contributed by atoms with Gasteiger partial charge >= 0.3 is 5.97 Å². The van der Waals surface area contributed by atoms with Crippen LogP contribution in [0.2, 0.25) is 0 Å². The molecule has 3 rings (SSSR count). The molecule has 0 bridgehead atoms. The second-order valence-electron chi connectivity index (χ2n) is 6.02. The van der Waals surface area contributed by atoms with E-state index in [2.05, 4.69) is 5.32 Å². The van der Waals surface area contributed by atoms with Crippen LogP contribution in [0.4, 0.5) is 4.39 Å². The number of halogens is 1. The molecule has 0 aliphatic carbocycles. The van der Waals surface area contributed by atoms with Crippen molar-refractivity contribution in [2.24, 2.45) is 0 Å². The summed E-state index contributed by atoms with van der Waals surface area (Å²) in [5.74, 6) is -0.903. The summed E-state index contributed by atoms with van der Waals surface area (Å²) in [5, 5.41) is 3.47. The van der Waals surface area contributed by atoms with Crippen molar-refractivity contribution in [2.75, 3.05) is 7.05 Å². The largest absolute Gasteiger partial charge is 0.457 e. The van der Waals surface area contributed by atoms with E-state index in [1.165, 1.54) is 6.07 Å². The second kappa shape index (κ2) is 7.66. The Bertz CT molecular complexity index is 867. The van der Waals surface area contributed by atoms with Crippen LogP contribution in [0.25, 0.3) is 0 Å². The average molecular weight is 370 g/mol. The molecule has 0 fully saturated rings. The predicted octanol–water partition coefficient (Wildman–Crippen LogP) is 3.70. The minimum atomic E-state index is -0.692. The number of carbonyl (C=O) groups excluding carboxylic acids is 1. The molecule has 26 heavy (non-hydrogen) atoms. The molecular formula is C20H19FN2O2S. The van der Waals surface area contributed by atoms with E-state index in [4.69, 9.17) is 17.0 Å². The van der Waals surface area contributed by atoms with Gasteiger partial charge in [-0.3, -0.25) is 0 Å². The van der Waals surface area contributed by atoms with Crippen LogP contribution in [0.15, 0.2) is 65.9 Å². The molecule has 0 radical (unpaired) electrons. The molecule has 6 heteroatoms. The van der Waals surface area contributed by atoms with Crippen molar-refractivity contribution in [1.29, 1.82) is 0 Å². The Balaban J connectivity index is 1.92. The first-order chi connectivity index (χ1) is 12.5. The topological polar surface area (TPSA) is 41.6 Å². The van der Waals surface area contributed by atoms with Gasteiger partial charge in [-0.25, -0.2) is 9.18 Å². The van der Waals surface area contributed by atoms with Crippen LogP contribution < -0.4 is 5.32 Å². The molecule has 4 nitrogen and oxygen atoms in total. The van der Waals surface area contributed by atoms with Crippen molar-refractivity contribution in [3.05, 3.63) is 82.8 Å². The number of ether oxygens (including phenoxy) is 1. The summed E-state index contributed by atoms with van der Waals surface area (Å²) in [6.45, 7) is 1.93. The second-order valence-corrected chi connectivity index (χ2v) is 6.41. The van der Waals surface area contributed by atoms with E-state index >= 15 is 0 Å². The quantitative estimate of drug-likeness (QED) is 0.656. The van der Waals surface area contributed by atoms with Crippen LogP contribution in [0.5, 0.6) is 0 Å². The number of hydrogen-bond donors (Lipinski definition) is 1. The average Bonchev–Trinajstić information content (AvgIpc) is 2.65. The Morgan fingerprint density at radius 3 is 2.54 bits per heavy atom. The Morgan fingerprint density at radius 2 is 1.85 bits per heavy atom. The first kappa shape index (κ1) is 18.1. The van der Waals surface area contributed by atoms with E-state index in [0.717, 1.165) is 5.56 Å². The molecule has 1 heterocycles. The number of nitrogens with zero attached hydrogens (tertiary/aromatic N) is 1. The molecule has 2 aromatic carbocycles. The molecule has 134 valence electrons. The number of nitrogens with one attached hydrogen (secondary N) is 1. The molecule has 0 saturated carbocycles. The molecule has 0 aromatic heterocycles. The van der Waals surface area contributed by atoms with Crippen molar-refractivity contribution >= 4 is 23.3 Å². The predicted molar refractivity (Wildman–Crippen MR) is 102 cm³/mol. The molecule has 0 spiro atoms. The van der Waals surface area contributed by atoms with Crippen LogP contribution in [0.3, 0.4) is 0 Å². The Labute approximate surface area is 157 Å². The molecule has 0 saturated heterocycles. The lowest BCUT2D eigenvalue weighted by molar-refractivity contribution is -0.140. The van der Waals surface area contributed by atoms with Gasteiger partial charge in [0, 0.05) is 18.3 Å². The summed E-state index contributed by atoms with van der Waals surface area (Å²) in [7, 11) is 1.76. The SMILES string of the molecule is CC1=C(C(=O)OCc2ccccc2)C(c2ccccc2F)NC(=S)N1C. The van der Waals surface area contributed by atoms with E-state index in [0.29, 0.717) is 21.9 Å². The Hall–Kier alpha value is -2.73. The first-order valence-electron chi connectivity index (χ1n) is 8.19. The molecule has 1 atom stereocenters. The van der Waals surface area contributed by atoms with E-state index in [1.54, 1.807) is 37.1 Å². The third-order valence-corrected chi connectivity index (χ3v) is 4.79. The van der Waals surface area contributed by atoms with Gasteiger partial charge in [0.05, 0.1) is 11.6 Å². The molecule has 2 aromatic rings. The maximum atomic E-state index is 14.3. The summed E-state index contributed by atoms with van der Waals surface area (Å²) in [6.07, 6.45) is 0. The minimum Gasteiger partial charge on any atom is -0.457 e. The fraction of sp³-hybridized carbons (Fsp3) is 0.200. The Kier molecular flexibility index (Phi) is 5.32. The standard InChI is InChI=1S/C20H19FN2O2S/c1-13-17(19(24)25-12-14-8-4-3-5-9-14)18(22-20(26)23(13)2)15-10-6-7-11-16(15)21/h3-11,18H,12H2,1-2H3,(H,22,26). The number of thiocarbonyl (C=S) groups is 1. The number of hydrogen-bond acceptors (Lipinski definition) is 3. The zero-order valence-electron chi connectivity index (χ0n) is 14.5. The Morgan fingerprint density at radius 1 is 1.19 bits per heavy atom. The molecule has 1 N–H and O–H groups in total.